The number of carbonyl (C=O) groups excluding carboxylic acids is 1. The minimum Gasteiger partial charge on any atom is -0.465 e. The average Bonchev–Trinajstić information content (AvgIpc) is 2.73. The SMILES string of the molecule is CCOC(=O)[C@H](N)Cc1cccc2c1COB2O. The van der Waals surface area contributed by atoms with E-state index in [0.29, 0.717) is 19.6 Å². The maximum Gasteiger partial charge on any atom is 0.491 e. The maximum absolute atomic E-state index is 11.5. The lowest BCUT2D eigenvalue weighted by atomic mass is 9.78. The quantitative estimate of drug-likeness (QED) is 0.546. The molecule has 0 saturated carbocycles. The van der Waals surface area contributed by atoms with Crippen molar-refractivity contribution in [3.05, 3.63) is 29.3 Å². The highest BCUT2D eigenvalue weighted by molar-refractivity contribution is 6.61. The number of esters is 1. The molecule has 0 spiro atoms. The second-order valence-electron chi connectivity index (χ2n) is 4.21. The van der Waals surface area contributed by atoms with E-state index in [1.54, 1.807) is 6.92 Å². The Bertz CT molecular complexity index is 452. The number of fused-ring (bicyclic) bond motifs is 1. The fourth-order valence-corrected chi connectivity index (χ4v) is 2.07. The van der Waals surface area contributed by atoms with Gasteiger partial charge >= 0.3 is 13.1 Å². The minimum absolute atomic E-state index is 0.321. The van der Waals surface area contributed by atoms with Crippen LogP contribution in [0.4, 0.5) is 0 Å². The summed E-state index contributed by atoms with van der Waals surface area (Å²) in [6, 6.07) is 4.84. The standard InChI is InChI=1S/C12H16BNO4/c1-2-17-12(15)11(14)6-8-4-3-5-10-9(8)7-18-13(10)16/h3-5,11,16H,2,6-7,14H2,1H3/t11-/m1/s1. The van der Waals surface area contributed by atoms with E-state index < -0.39 is 19.1 Å². The van der Waals surface area contributed by atoms with Gasteiger partial charge in [0.25, 0.3) is 0 Å². The van der Waals surface area contributed by atoms with E-state index >= 15 is 0 Å². The summed E-state index contributed by atoms with van der Waals surface area (Å²) in [6.45, 7) is 2.42. The van der Waals surface area contributed by atoms with Crippen LogP contribution in [-0.4, -0.2) is 30.8 Å². The highest BCUT2D eigenvalue weighted by atomic mass is 16.5. The van der Waals surface area contributed by atoms with Crippen molar-refractivity contribution in [2.24, 2.45) is 5.73 Å². The van der Waals surface area contributed by atoms with Gasteiger partial charge in [-0.05, 0) is 29.9 Å². The highest BCUT2D eigenvalue weighted by Crippen LogP contribution is 2.16. The van der Waals surface area contributed by atoms with Crippen molar-refractivity contribution in [2.75, 3.05) is 6.61 Å². The van der Waals surface area contributed by atoms with Crippen LogP contribution in [0, 0.1) is 0 Å². The molecular formula is C12H16BNO4. The fraction of sp³-hybridized carbons (Fsp3) is 0.417. The molecule has 3 N–H and O–H groups in total. The van der Waals surface area contributed by atoms with E-state index in [1.165, 1.54) is 0 Å². The monoisotopic (exact) mass is 249 g/mol. The number of benzene rings is 1. The third kappa shape index (κ3) is 2.55. The molecule has 18 heavy (non-hydrogen) atoms. The average molecular weight is 249 g/mol. The van der Waals surface area contributed by atoms with Gasteiger partial charge in [-0.25, -0.2) is 0 Å². The van der Waals surface area contributed by atoms with Gasteiger partial charge in [0.2, 0.25) is 0 Å². The molecular weight excluding hydrogens is 233 g/mol. The fourth-order valence-electron chi connectivity index (χ4n) is 2.07. The Hall–Kier alpha value is -1.37. The van der Waals surface area contributed by atoms with E-state index in [4.69, 9.17) is 15.1 Å². The second kappa shape index (κ2) is 5.52. The van der Waals surface area contributed by atoms with Gasteiger partial charge < -0.3 is 20.1 Å². The molecule has 0 aromatic heterocycles. The zero-order valence-corrected chi connectivity index (χ0v) is 10.3. The van der Waals surface area contributed by atoms with Crippen molar-refractivity contribution in [3.63, 3.8) is 0 Å². The molecule has 1 atom stereocenters. The maximum atomic E-state index is 11.5. The molecule has 0 aliphatic carbocycles. The van der Waals surface area contributed by atoms with E-state index in [-0.39, 0.29) is 0 Å². The summed E-state index contributed by atoms with van der Waals surface area (Å²) in [5.74, 6) is -0.408. The Morgan fingerprint density at radius 2 is 2.44 bits per heavy atom. The summed E-state index contributed by atoms with van der Waals surface area (Å²) in [5.41, 5.74) is 8.38. The van der Waals surface area contributed by atoms with Crippen molar-refractivity contribution in [2.45, 2.75) is 26.0 Å². The van der Waals surface area contributed by atoms with E-state index in [9.17, 15) is 9.82 Å². The van der Waals surface area contributed by atoms with Crippen LogP contribution < -0.4 is 11.2 Å². The topological polar surface area (TPSA) is 81.8 Å². The third-order valence-electron chi connectivity index (χ3n) is 2.99. The zero-order valence-electron chi connectivity index (χ0n) is 10.3. The predicted octanol–water partition coefficient (Wildman–Crippen LogP) is -0.663. The van der Waals surface area contributed by atoms with Crippen LogP contribution in [0.3, 0.4) is 0 Å². The van der Waals surface area contributed by atoms with Crippen LogP contribution in [0.5, 0.6) is 0 Å². The van der Waals surface area contributed by atoms with Crippen molar-refractivity contribution in [1.29, 1.82) is 0 Å². The normalized spacial score (nSPS) is 15.4. The highest BCUT2D eigenvalue weighted by Gasteiger charge is 2.29. The van der Waals surface area contributed by atoms with E-state index in [1.807, 2.05) is 18.2 Å². The van der Waals surface area contributed by atoms with E-state index in [2.05, 4.69) is 0 Å². The predicted molar refractivity (Wildman–Crippen MR) is 67.2 cm³/mol. The van der Waals surface area contributed by atoms with Gasteiger partial charge in [0, 0.05) is 0 Å². The molecule has 1 aliphatic rings. The first-order valence-electron chi connectivity index (χ1n) is 5.96. The molecule has 0 fully saturated rings. The third-order valence-corrected chi connectivity index (χ3v) is 2.99. The summed E-state index contributed by atoms with van der Waals surface area (Å²) in [4.78, 5) is 11.5. The van der Waals surface area contributed by atoms with Gasteiger partial charge in [-0.2, -0.15) is 0 Å². The van der Waals surface area contributed by atoms with E-state index in [0.717, 1.165) is 16.6 Å². The largest absolute Gasteiger partial charge is 0.491 e. The van der Waals surface area contributed by atoms with Crippen LogP contribution in [-0.2, 0) is 27.2 Å². The minimum atomic E-state index is -0.876. The number of hydrogen-bond donors (Lipinski definition) is 2. The van der Waals surface area contributed by atoms with Gasteiger partial charge in [-0.3, -0.25) is 4.79 Å². The van der Waals surface area contributed by atoms with Crippen molar-refractivity contribution in [3.8, 4) is 0 Å². The van der Waals surface area contributed by atoms with Crippen molar-refractivity contribution < 1.29 is 19.2 Å². The van der Waals surface area contributed by atoms with Gasteiger partial charge in [0.05, 0.1) is 13.2 Å². The Kier molecular flexibility index (Phi) is 4.01. The van der Waals surface area contributed by atoms with Crippen LogP contribution in [0.2, 0.25) is 0 Å². The Labute approximate surface area is 106 Å². The molecule has 96 valence electrons. The molecule has 1 aliphatic heterocycles. The van der Waals surface area contributed by atoms with Crippen LogP contribution in [0.25, 0.3) is 0 Å². The number of nitrogens with two attached hydrogens (primary N) is 1. The van der Waals surface area contributed by atoms with Crippen LogP contribution in [0.15, 0.2) is 18.2 Å². The van der Waals surface area contributed by atoms with Crippen molar-refractivity contribution >= 4 is 18.6 Å². The van der Waals surface area contributed by atoms with Gasteiger partial charge in [-0.1, -0.05) is 18.2 Å². The first-order chi connectivity index (χ1) is 8.63. The molecule has 0 amide bonds. The second-order valence-corrected chi connectivity index (χ2v) is 4.21. The van der Waals surface area contributed by atoms with Crippen molar-refractivity contribution in [1.82, 2.24) is 0 Å². The molecule has 0 unspecified atom stereocenters. The number of hydrogen-bond acceptors (Lipinski definition) is 5. The Morgan fingerprint density at radius 3 is 3.17 bits per heavy atom. The summed E-state index contributed by atoms with van der Waals surface area (Å²) in [6.07, 6.45) is 0.387. The lowest BCUT2D eigenvalue weighted by Crippen LogP contribution is -2.35. The lowest BCUT2D eigenvalue weighted by Gasteiger charge is -2.13. The summed E-state index contributed by atoms with van der Waals surface area (Å²) in [5, 5.41) is 9.59. The molecule has 2 rings (SSSR count). The molecule has 1 aromatic rings. The summed E-state index contributed by atoms with van der Waals surface area (Å²) >= 11 is 0. The number of ether oxygens (including phenoxy) is 1. The zero-order chi connectivity index (χ0) is 13.1. The molecule has 1 heterocycles. The van der Waals surface area contributed by atoms with Gasteiger partial charge in [-0.15, -0.1) is 0 Å². The lowest BCUT2D eigenvalue weighted by molar-refractivity contribution is -0.144. The first kappa shape index (κ1) is 13.1. The molecule has 1 aromatic carbocycles. The number of carbonyl (C=O) groups is 1. The van der Waals surface area contributed by atoms with Crippen LogP contribution in [0.1, 0.15) is 18.1 Å². The summed E-state index contributed by atoms with van der Waals surface area (Å²) < 4.78 is 10.0. The molecule has 0 saturated heterocycles. The summed E-state index contributed by atoms with van der Waals surface area (Å²) in [7, 11) is -0.876. The molecule has 0 radical (unpaired) electrons. The number of rotatable bonds is 4. The molecule has 6 heteroatoms. The molecule has 5 nitrogen and oxygen atoms in total. The Balaban J connectivity index is 2.13. The van der Waals surface area contributed by atoms with Crippen LogP contribution >= 0.6 is 0 Å². The first-order valence-corrected chi connectivity index (χ1v) is 5.96. The van der Waals surface area contributed by atoms with Gasteiger partial charge in [0.1, 0.15) is 6.04 Å². The molecule has 0 bridgehead atoms. The smallest absolute Gasteiger partial charge is 0.465 e. The Morgan fingerprint density at radius 1 is 1.67 bits per heavy atom. The van der Waals surface area contributed by atoms with Gasteiger partial charge in [0.15, 0.2) is 0 Å².